The Hall–Kier alpha value is -7.69. The maximum absolute atomic E-state index is 5.31. The predicted octanol–water partition coefficient (Wildman–Crippen LogP) is 13.6. The van der Waals surface area contributed by atoms with Gasteiger partial charge in [-0.1, -0.05) is 140 Å². The summed E-state index contributed by atoms with van der Waals surface area (Å²) in [6.07, 6.45) is 0. The number of pyridine rings is 2. The molecule has 0 spiro atoms. The maximum Gasteiger partial charge on any atom is 0.145 e. The SMILES string of the molecule is c1ccc(-n2c(-c3cccc(-c4ccc5ccc6ccc(-c7cccc(-c8ccc9c(c8)-c8cccc%10cccc-9c8%10)c7)nc6c5n4)c3)nc3ccccc32)cc1. The Morgan fingerprint density at radius 1 is 0.333 bits per heavy atom. The zero-order chi connectivity index (χ0) is 37.5. The molecule has 11 aromatic rings. The van der Waals surface area contributed by atoms with Crippen LogP contribution in [0.25, 0.3) is 117 Å². The molecule has 4 nitrogen and oxygen atoms in total. The number of hydrogen-bond donors (Lipinski definition) is 0. The van der Waals surface area contributed by atoms with Crippen molar-refractivity contribution in [2.75, 3.05) is 0 Å². The Balaban J connectivity index is 0.932. The number of aromatic nitrogens is 4. The van der Waals surface area contributed by atoms with Crippen molar-refractivity contribution in [3.8, 4) is 73.0 Å². The van der Waals surface area contributed by atoms with Crippen LogP contribution in [0.1, 0.15) is 0 Å². The van der Waals surface area contributed by atoms with Crippen LogP contribution in [0, 0.1) is 0 Å². The van der Waals surface area contributed by atoms with E-state index in [0.29, 0.717) is 0 Å². The van der Waals surface area contributed by atoms with Crippen molar-refractivity contribution < 1.29 is 0 Å². The topological polar surface area (TPSA) is 43.6 Å². The van der Waals surface area contributed by atoms with Crippen LogP contribution in [-0.2, 0) is 0 Å². The monoisotopic (exact) mass is 724 g/mol. The fourth-order valence-electron chi connectivity index (χ4n) is 8.79. The van der Waals surface area contributed by atoms with Gasteiger partial charge in [0.25, 0.3) is 0 Å². The molecule has 0 saturated carbocycles. The molecule has 57 heavy (non-hydrogen) atoms. The van der Waals surface area contributed by atoms with Crippen LogP contribution in [0.2, 0.25) is 0 Å². The van der Waals surface area contributed by atoms with Crippen molar-refractivity contribution in [1.29, 1.82) is 0 Å². The number of para-hydroxylation sites is 3. The van der Waals surface area contributed by atoms with E-state index in [-0.39, 0.29) is 0 Å². The van der Waals surface area contributed by atoms with Gasteiger partial charge in [-0.25, -0.2) is 15.0 Å². The van der Waals surface area contributed by atoms with Gasteiger partial charge < -0.3 is 0 Å². The molecule has 0 amide bonds. The summed E-state index contributed by atoms with van der Waals surface area (Å²) in [4.78, 5) is 15.7. The molecular formula is C53H32N4. The second-order valence-corrected chi connectivity index (χ2v) is 14.8. The number of rotatable bonds is 5. The van der Waals surface area contributed by atoms with Crippen molar-refractivity contribution in [2.24, 2.45) is 0 Å². The molecule has 264 valence electrons. The molecule has 1 aliphatic carbocycles. The third-order valence-corrected chi connectivity index (χ3v) is 11.5. The second kappa shape index (κ2) is 12.4. The van der Waals surface area contributed by atoms with Gasteiger partial charge >= 0.3 is 0 Å². The quantitative estimate of drug-likeness (QED) is 0.166. The van der Waals surface area contributed by atoms with E-state index >= 15 is 0 Å². The van der Waals surface area contributed by atoms with Gasteiger partial charge in [-0.3, -0.25) is 4.57 Å². The highest BCUT2D eigenvalue weighted by molar-refractivity contribution is 6.15. The van der Waals surface area contributed by atoms with Gasteiger partial charge in [0.2, 0.25) is 0 Å². The van der Waals surface area contributed by atoms with Crippen molar-refractivity contribution >= 4 is 43.6 Å². The Morgan fingerprint density at radius 3 is 1.65 bits per heavy atom. The summed E-state index contributed by atoms with van der Waals surface area (Å²) >= 11 is 0. The summed E-state index contributed by atoms with van der Waals surface area (Å²) < 4.78 is 2.24. The van der Waals surface area contributed by atoms with E-state index in [1.165, 1.54) is 44.2 Å². The van der Waals surface area contributed by atoms with Crippen molar-refractivity contribution in [1.82, 2.24) is 19.5 Å². The highest BCUT2D eigenvalue weighted by Crippen LogP contribution is 2.48. The van der Waals surface area contributed by atoms with E-state index in [4.69, 9.17) is 15.0 Å². The molecule has 0 N–H and O–H groups in total. The summed E-state index contributed by atoms with van der Waals surface area (Å²) in [5, 5.41) is 4.75. The van der Waals surface area contributed by atoms with E-state index in [0.717, 1.165) is 72.4 Å². The van der Waals surface area contributed by atoms with Crippen LogP contribution in [0.15, 0.2) is 194 Å². The first kappa shape index (κ1) is 31.6. The third-order valence-electron chi connectivity index (χ3n) is 11.5. The molecule has 3 heterocycles. The summed E-state index contributed by atoms with van der Waals surface area (Å²) in [6.45, 7) is 0. The van der Waals surface area contributed by atoms with Crippen LogP contribution < -0.4 is 0 Å². The highest BCUT2D eigenvalue weighted by atomic mass is 15.1. The molecule has 0 fully saturated rings. The number of hydrogen-bond acceptors (Lipinski definition) is 3. The minimum Gasteiger partial charge on any atom is -0.292 e. The predicted molar refractivity (Wildman–Crippen MR) is 235 cm³/mol. The maximum atomic E-state index is 5.31. The summed E-state index contributed by atoms with van der Waals surface area (Å²) in [5.74, 6) is 0.895. The molecule has 3 aromatic heterocycles. The van der Waals surface area contributed by atoms with Crippen LogP contribution in [-0.4, -0.2) is 19.5 Å². The Bertz CT molecular complexity index is 3410. The van der Waals surface area contributed by atoms with Crippen molar-refractivity contribution in [3.05, 3.63) is 194 Å². The summed E-state index contributed by atoms with van der Waals surface area (Å²) in [5.41, 5.74) is 17.4. The molecule has 0 aliphatic heterocycles. The van der Waals surface area contributed by atoms with Gasteiger partial charge in [0.05, 0.1) is 33.5 Å². The van der Waals surface area contributed by atoms with Crippen LogP contribution in [0.5, 0.6) is 0 Å². The minimum atomic E-state index is 0.886. The van der Waals surface area contributed by atoms with Gasteiger partial charge in [0, 0.05) is 33.2 Å². The number of nitrogens with zero attached hydrogens (tertiary/aromatic N) is 4. The van der Waals surface area contributed by atoms with Gasteiger partial charge in [0.15, 0.2) is 0 Å². The molecule has 8 aromatic carbocycles. The first-order valence-corrected chi connectivity index (χ1v) is 19.4. The van der Waals surface area contributed by atoms with Gasteiger partial charge in [-0.15, -0.1) is 0 Å². The first-order valence-electron chi connectivity index (χ1n) is 19.4. The fraction of sp³-hybridized carbons (Fsp3) is 0. The molecule has 12 rings (SSSR count). The van der Waals surface area contributed by atoms with Gasteiger partial charge in [-0.2, -0.15) is 0 Å². The lowest BCUT2D eigenvalue weighted by Crippen LogP contribution is -1.97. The third kappa shape index (κ3) is 5.04. The number of fused-ring (bicyclic) bond motifs is 7. The van der Waals surface area contributed by atoms with E-state index in [1.54, 1.807) is 0 Å². The lowest BCUT2D eigenvalue weighted by Gasteiger charge is -2.11. The van der Waals surface area contributed by atoms with Crippen molar-refractivity contribution in [2.45, 2.75) is 0 Å². The lowest BCUT2D eigenvalue weighted by atomic mass is 9.96. The second-order valence-electron chi connectivity index (χ2n) is 14.8. The molecule has 0 unspecified atom stereocenters. The van der Waals surface area contributed by atoms with Crippen molar-refractivity contribution in [3.63, 3.8) is 0 Å². The smallest absolute Gasteiger partial charge is 0.145 e. The Kier molecular flexibility index (Phi) is 6.89. The minimum absolute atomic E-state index is 0.886. The van der Waals surface area contributed by atoms with E-state index in [9.17, 15) is 0 Å². The summed E-state index contributed by atoms with van der Waals surface area (Å²) in [7, 11) is 0. The largest absolute Gasteiger partial charge is 0.292 e. The normalized spacial score (nSPS) is 11.9. The fourth-order valence-corrected chi connectivity index (χ4v) is 8.79. The Morgan fingerprint density at radius 2 is 0.912 bits per heavy atom. The van der Waals surface area contributed by atoms with Crippen LogP contribution in [0.3, 0.4) is 0 Å². The zero-order valence-electron chi connectivity index (χ0n) is 30.8. The highest BCUT2D eigenvalue weighted by Gasteiger charge is 2.22. The lowest BCUT2D eigenvalue weighted by molar-refractivity contribution is 1.10. The Labute approximate surface area is 329 Å². The van der Waals surface area contributed by atoms with Crippen LogP contribution >= 0.6 is 0 Å². The average Bonchev–Trinajstić information content (AvgIpc) is 3.83. The van der Waals surface area contributed by atoms with Gasteiger partial charge in [0.1, 0.15) is 5.82 Å². The zero-order valence-corrected chi connectivity index (χ0v) is 30.8. The first-order chi connectivity index (χ1) is 28.2. The number of benzene rings is 8. The van der Waals surface area contributed by atoms with E-state index < -0.39 is 0 Å². The molecule has 0 atom stereocenters. The average molecular weight is 725 g/mol. The van der Waals surface area contributed by atoms with Gasteiger partial charge in [-0.05, 0) is 98.8 Å². The van der Waals surface area contributed by atoms with Crippen LogP contribution in [0.4, 0.5) is 0 Å². The molecule has 0 radical (unpaired) electrons. The standard InChI is InChI=1S/C53H32N4/c1-2-16-41(17-3-1)57-49-21-5-4-20-48(49)56-53(57)40-15-7-14-39(31-40)47-29-26-35-23-22-34-25-28-46(54-51(34)52(35)55-47)38-13-6-12-36(30-38)37-24-27-42-43-18-8-10-33-11-9-19-44(50(33)43)45(42)32-37/h1-32H. The number of imidazole rings is 1. The molecule has 0 saturated heterocycles. The van der Waals surface area contributed by atoms with E-state index in [1.807, 2.05) is 12.1 Å². The molecular weight excluding hydrogens is 693 g/mol. The molecule has 1 aliphatic rings. The van der Waals surface area contributed by atoms with E-state index in [2.05, 4.69) is 187 Å². The molecule has 0 bridgehead atoms. The summed E-state index contributed by atoms with van der Waals surface area (Å²) in [6, 6.07) is 69.0. The molecule has 4 heteroatoms.